The van der Waals surface area contributed by atoms with Crippen molar-refractivity contribution in [3.05, 3.63) is 106 Å². The number of nitrogens with one attached hydrogen (secondary N) is 1. The third-order valence-corrected chi connectivity index (χ3v) is 4.67. The van der Waals surface area contributed by atoms with Crippen LogP contribution in [0.2, 0.25) is 0 Å². The number of benzene rings is 2. The normalized spacial score (nSPS) is 10.5. The molecule has 1 amide bonds. The van der Waals surface area contributed by atoms with E-state index in [4.69, 9.17) is 5.26 Å². The highest BCUT2D eigenvalue weighted by Crippen LogP contribution is 2.14. The van der Waals surface area contributed by atoms with Crippen LogP contribution in [0.25, 0.3) is 10.8 Å². The van der Waals surface area contributed by atoms with Crippen molar-refractivity contribution in [2.45, 2.75) is 13.1 Å². The Morgan fingerprint density at radius 2 is 1.90 bits per heavy atom. The summed E-state index contributed by atoms with van der Waals surface area (Å²) in [5, 5.41) is 17.6. The highest BCUT2D eigenvalue weighted by molar-refractivity contribution is 5.94. The minimum Gasteiger partial charge on any atom is -0.346 e. The molecule has 0 bridgehead atoms. The Hall–Kier alpha value is -4.31. The van der Waals surface area contributed by atoms with Gasteiger partial charge in [-0.25, -0.2) is 4.68 Å². The van der Waals surface area contributed by atoms with E-state index in [0.29, 0.717) is 27.6 Å². The van der Waals surface area contributed by atoms with Gasteiger partial charge in [0.25, 0.3) is 11.5 Å². The fourth-order valence-corrected chi connectivity index (χ4v) is 3.20. The maximum Gasteiger partial charge on any atom is 0.274 e. The summed E-state index contributed by atoms with van der Waals surface area (Å²) in [6, 6.07) is 19.4. The van der Waals surface area contributed by atoms with Gasteiger partial charge in [-0.05, 0) is 35.9 Å². The van der Waals surface area contributed by atoms with Gasteiger partial charge in [0.1, 0.15) is 0 Å². The summed E-state index contributed by atoms with van der Waals surface area (Å²) in [6.45, 7) is 0.423. The highest BCUT2D eigenvalue weighted by Gasteiger charge is 2.13. The lowest BCUT2D eigenvalue weighted by molar-refractivity contribution is 0.0950. The molecule has 4 aromatic rings. The van der Waals surface area contributed by atoms with Crippen LogP contribution in [0.3, 0.4) is 0 Å². The molecule has 2 aromatic carbocycles. The number of carbonyl (C=O) groups is 1. The summed E-state index contributed by atoms with van der Waals surface area (Å²) in [5.41, 5.74) is 2.04. The molecule has 146 valence electrons. The number of hydrogen-bond donors (Lipinski definition) is 1. The first-order valence-corrected chi connectivity index (χ1v) is 9.32. The Labute approximate surface area is 172 Å². The van der Waals surface area contributed by atoms with Crippen LogP contribution in [0.5, 0.6) is 0 Å². The maximum absolute atomic E-state index is 12.9. The van der Waals surface area contributed by atoms with Crippen LogP contribution in [0.15, 0.2) is 77.9 Å². The highest BCUT2D eigenvalue weighted by atomic mass is 16.1. The summed E-state index contributed by atoms with van der Waals surface area (Å²) in [4.78, 5) is 29.5. The zero-order valence-corrected chi connectivity index (χ0v) is 15.9. The van der Waals surface area contributed by atoms with Gasteiger partial charge in [-0.3, -0.25) is 14.6 Å². The van der Waals surface area contributed by atoms with Crippen molar-refractivity contribution in [3.63, 3.8) is 0 Å². The first-order valence-electron chi connectivity index (χ1n) is 9.32. The smallest absolute Gasteiger partial charge is 0.274 e. The maximum atomic E-state index is 12.9. The lowest BCUT2D eigenvalue weighted by Gasteiger charge is -2.12. The summed E-state index contributed by atoms with van der Waals surface area (Å²) in [5.74, 6) is -0.317. The van der Waals surface area contributed by atoms with Crippen molar-refractivity contribution in [3.8, 4) is 6.07 Å². The molecule has 0 unspecified atom stereocenters. The van der Waals surface area contributed by atoms with Crippen LogP contribution in [0, 0.1) is 11.3 Å². The molecule has 1 N–H and O–H groups in total. The lowest BCUT2D eigenvalue weighted by atomic mass is 10.1. The van der Waals surface area contributed by atoms with Gasteiger partial charge >= 0.3 is 0 Å². The summed E-state index contributed by atoms with van der Waals surface area (Å²) in [6.07, 6.45) is 3.36. The van der Waals surface area contributed by atoms with Crippen LogP contribution in [0.4, 0.5) is 0 Å². The van der Waals surface area contributed by atoms with Gasteiger partial charge in [0.2, 0.25) is 0 Å². The second kappa shape index (κ2) is 8.37. The van der Waals surface area contributed by atoms with E-state index in [1.807, 2.05) is 24.3 Å². The molecule has 7 nitrogen and oxygen atoms in total. The molecule has 0 atom stereocenters. The number of fused-ring (bicyclic) bond motifs is 1. The van der Waals surface area contributed by atoms with Crippen molar-refractivity contribution in [2.24, 2.45) is 0 Å². The molecule has 2 aromatic heterocycles. The Kier molecular flexibility index (Phi) is 5.31. The van der Waals surface area contributed by atoms with Crippen molar-refractivity contribution in [2.75, 3.05) is 0 Å². The zero-order valence-electron chi connectivity index (χ0n) is 15.9. The summed E-state index contributed by atoms with van der Waals surface area (Å²) < 4.78 is 1.39. The topological polar surface area (TPSA) is 101 Å². The standard InChI is InChI=1S/C23H17N5O2/c24-12-16-5-3-7-18(11-16)22(29)26-14-21-19-8-1-2-9-20(19)23(30)28(27-21)15-17-6-4-10-25-13-17/h1-11,13H,14-15H2,(H,26,29). The van der Waals surface area contributed by atoms with E-state index in [9.17, 15) is 9.59 Å². The number of amides is 1. The predicted octanol–water partition coefficient (Wildman–Crippen LogP) is 2.64. The van der Waals surface area contributed by atoms with Crippen LogP contribution in [0.1, 0.15) is 27.2 Å². The largest absolute Gasteiger partial charge is 0.346 e. The summed E-state index contributed by atoms with van der Waals surface area (Å²) >= 11 is 0. The molecule has 0 aliphatic heterocycles. The number of aromatic nitrogens is 3. The van der Waals surface area contributed by atoms with Crippen LogP contribution >= 0.6 is 0 Å². The minimum atomic E-state index is -0.317. The van der Waals surface area contributed by atoms with E-state index in [-0.39, 0.29) is 24.6 Å². The first-order chi connectivity index (χ1) is 14.7. The number of rotatable bonds is 5. The molecule has 0 aliphatic rings. The molecule has 7 heteroatoms. The predicted molar refractivity (Wildman–Crippen MR) is 112 cm³/mol. The molecule has 4 rings (SSSR count). The van der Waals surface area contributed by atoms with Crippen molar-refractivity contribution in [1.29, 1.82) is 5.26 Å². The van der Waals surface area contributed by atoms with E-state index >= 15 is 0 Å². The number of hydrogen-bond acceptors (Lipinski definition) is 5. The van der Waals surface area contributed by atoms with Crippen LogP contribution < -0.4 is 10.9 Å². The van der Waals surface area contributed by atoms with E-state index in [1.54, 1.807) is 48.8 Å². The molecule has 0 fully saturated rings. The zero-order chi connectivity index (χ0) is 20.9. The van der Waals surface area contributed by atoms with Gasteiger partial charge in [-0.2, -0.15) is 10.4 Å². The number of nitriles is 1. The summed E-state index contributed by atoms with van der Waals surface area (Å²) in [7, 11) is 0. The molecule has 0 aliphatic carbocycles. The molecule has 30 heavy (non-hydrogen) atoms. The fourth-order valence-electron chi connectivity index (χ4n) is 3.20. The van der Waals surface area contributed by atoms with Gasteiger partial charge < -0.3 is 5.32 Å². The van der Waals surface area contributed by atoms with Crippen molar-refractivity contribution < 1.29 is 4.79 Å². The van der Waals surface area contributed by atoms with E-state index in [2.05, 4.69) is 15.4 Å². The third-order valence-electron chi connectivity index (χ3n) is 4.67. The molecule has 0 saturated heterocycles. The van der Waals surface area contributed by atoms with E-state index < -0.39 is 0 Å². The van der Waals surface area contributed by atoms with E-state index in [1.165, 1.54) is 10.7 Å². The Balaban J connectivity index is 1.66. The van der Waals surface area contributed by atoms with Crippen molar-refractivity contribution >= 4 is 16.7 Å². The second-order valence-corrected chi connectivity index (χ2v) is 6.69. The average molecular weight is 395 g/mol. The molecule has 0 saturated carbocycles. The fraction of sp³-hybridized carbons (Fsp3) is 0.0870. The quantitative estimate of drug-likeness (QED) is 0.560. The van der Waals surface area contributed by atoms with Gasteiger partial charge in [0, 0.05) is 23.3 Å². The van der Waals surface area contributed by atoms with Gasteiger partial charge in [-0.15, -0.1) is 0 Å². The van der Waals surface area contributed by atoms with Crippen LogP contribution in [-0.4, -0.2) is 20.7 Å². The minimum absolute atomic E-state index is 0.142. The van der Waals surface area contributed by atoms with Crippen LogP contribution in [-0.2, 0) is 13.1 Å². The molecular weight excluding hydrogens is 378 g/mol. The third kappa shape index (κ3) is 3.93. The lowest BCUT2D eigenvalue weighted by Crippen LogP contribution is -2.29. The number of carbonyl (C=O) groups excluding carboxylic acids is 1. The Morgan fingerprint density at radius 3 is 2.67 bits per heavy atom. The molecular formula is C23H17N5O2. The van der Waals surface area contributed by atoms with Gasteiger partial charge in [0.05, 0.1) is 35.8 Å². The Morgan fingerprint density at radius 1 is 1.07 bits per heavy atom. The molecule has 0 spiro atoms. The monoisotopic (exact) mass is 395 g/mol. The second-order valence-electron chi connectivity index (χ2n) is 6.69. The molecule has 0 radical (unpaired) electrons. The van der Waals surface area contributed by atoms with Crippen molar-refractivity contribution in [1.82, 2.24) is 20.1 Å². The Bertz CT molecular complexity index is 1320. The number of nitrogens with zero attached hydrogens (tertiary/aromatic N) is 4. The molecule has 2 heterocycles. The first kappa shape index (κ1) is 19.0. The van der Waals surface area contributed by atoms with Gasteiger partial charge in [0.15, 0.2) is 0 Å². The van der Waals surface area contributed by atoms with Gasteiger partial charge in [-0.1, -0.05) is 30.3 Å². The van der Waals surface area contributed by atoms with E-state index in [0.717, 1.165) is 5.56 Å². The SMILES string of the molecule is N#Cc1cccc(C(=O)NCc2nn(Cc3cccnc3)c(=O)c3ccccc23)c1. The number of pyridine rings is 1. The average Bonchev–Trinajstić information content (AvgIpc) is 2.80.